The van der Waals surface area contributed by atoms with E-state index in [4.69, 9.17) is 34.4 Å². The first-order valence-corrected chi connectivity index (χ1v) is 32.2. The van der Waals surface area contributed by atoms with Crippen molar-refractivity contribution < 1.29 is 52.7 Å². The van der Waals surface area contributed by atoms with Gasteiger partial charge in [-0.15, -0.1) is 0 Å². The number of amides is 11. The molecule has 1 aliphatic heterocycles. The van der Waals surface area contributed by atoms with E-state index in [0.29, 0.717) is 69.8 Å². The van der Waals surface area contributed by atoms with Gasteiger partial charge in [-0.05, 0) is 178 Å². The first-order valence-electron chi connectivity index (χ1n) is 32.2. The number of hydrogen-bond donors (Lipinski definition) is 16. The van der Waals surface area contributed by atoms with Crippen molar-refractivity contribution in [3.05, 3.63) is 35.9 Å². The smallest absolute Gasteiger partial charge is 0.243 e. The van der Waals surface area contributed by atoms with Crippen molar-refractivity contribution in [2.24, 2.45) is 52.2 Å². The molecular formula is C62H110N16O11. The van der Waals surface area contributed by atoms with Gasteiger partial charge in [-0.3, -0.25) is 52.7 Å². The molecule has 0 saturated carbocycles. The number of primary amides is 1. The van der Waals surface area contributed by atoms with E-state index < -0.39 is 125 Å². The van der Waals surface area contributed by atoms with Crippen LogP contribution < -0.4 is 87.6 Å². The lowest BCUT2D eigenvalue weighted by atomic mass is 9.98. The van der Waals surface area contributed by atoms with Crippen LogP contribution >= 0.6 is 0 Å². The Morgan fingerprint density at radius 1 is 0.326 bits per heavy atom. The van der Waals surface area contributed by atoms with Crippen molar-refractivity contribution in [1.82, 2.24) is 53.2 Å². The van der Waals surface area contributed by atoms with Gasteiger partial charge < -0.3 is 87.6 Å². The lowest BCUT2D eigenvalue weighted by Gasteiger charge is -2.30. The quantitative estimate of drug-likeness (QED) is 0.0402. The van der Waals surface area contributed by atoms with Gasteiger partial charge in [0.1, 0.15) is 60.4 Å². The third-order valence-electron chi connectivity index (χ3n) is 15.1. The third-order valence-corrected chi connectivity index (χ3v) is 15.1. The lowest BCUT2D eigenvalue weighted by Crippen LogP contribution is -2.61. The topological polar surface area (TPSA) is 464 Å². The molecular weight excluding hydrogens is 1140 g/mol. The maximum Gasteiger partial charge on any atom is 0.243 e. The monoisotopic (exact) mass is 1250 g/mol. The molecule has 1 aromatic carbocycles. The normalized spacial score (nSPS) is 23.9. The summed E-state index contributed by atoms with van der Waals surface area (Å²) in [6, 6.07) is -4.28. The summed E-state index contributed by atoms with van der Waals surface area (Å²) in [7, 11) is 0. The van der Waals surface area contributed by atoms with E-state index >= 15 is 0 Å². The van der Waals surface area contributed by atoms with Crippen LogP contribution in [-0.2, 0) is 59.2 Å². The fourth-order valence-corrected chi connectivity index (χ4v) is 10.3. The predicted molar refractivity (Wildman–Crippen MR) is 341 cm³/mol. The minimum atomic E-state index is -1.50. The highest BCUT2D eigenvalue weighted by Gasteiger charge is 2.37. The van der Waals surface area contributed by atoms with E-state index in [1.54, 1.807) is 30.3 Å². The van der Waals surface area contributed by atoms with E-state index in [9.17, 15) is 52.7 Å². The molecule has 0 radical (unpaired) electrons. The SMILES string of the molecule is CC(C)C[C@@H]1NC(=O)[C@H](CCCCN)NC(=O)[C@H](CCCCN)NC(=O)[C@H](CCCCN)NC(=O)[C@H](CCC(N)=O)NC(=O)[C@H](CCCCN)NC(=O)[C@H](CC(C)C)NC(=O)[C@H](CC(C)C)NC(=O)[C@H](Cc2ccccc2)NC(=O)[C@H](CCCCN)NC1=O. The fraction of sp³-hybridized carbons (Fsp3) is 0.726. The van der Waals surface area contributed by atoms with E-state index in [2.05, 4.69) is 53.2 Å². The Bertz CT molecular complexity index is 2370. The lowest BCUT2D eigenvalue weighted by molar-refractivity contribution is -0.137. The molecule has 2 rings (SSSR count). The van der Waals surface area contributed by atoms with Gasteiger partial charge in [0, 0.05) is 12.8 Å². The highest BCUT2D eigenvalue weighted by atomic mass is 16.2. The number of nitrogens with one attached hydrogen (secondary N) is 10. The van der Waals surface area contributed by atoms with Crippen LogP contribution in [0.5, 0.6) is 0 Å². The molecule has 0 spiro atoms. The minimum Gasteiger partial charge on any atom is -0.370 e. The van der Waals surface area contributed by atoms with Crippen LogP contribution in [0.3, 0.4) is 0 Å². The molecule has 1 heterocycles. The van der Waals surface area contributed by atoms with Crippen LogP contribution in [0.25, 0.3) is 0 Å². The summed E-state index contributed by atoms with van der Waals surface area (Å²) < 4.78 is 0. The van der Waals surface area contributed by atoms with Crippen molar-refractivity contribution >= 4 is 65.0 Å². The number of hydrogen-bond acceptors (Lipinski definition) is 16. The second-order valence-corrected chi connectivity index (χ2v) is 24.6. The summed E-state index contributed by atoms with van der Waals surface area (Å²) in [6.07, 6.45) is 3.73. The molecule has 0 aliphatic carbocycles. The number of rotatable bonds is 31. The molecule has 0 bridgehead atoms. The fourth-order valence-electron chi connectivity index (χ4n) is 10.3. The van der Waals surface area contributed by atoms with Gasteiger partial charge in [0.25, 0.3) is 0 Å². The molecule has 89 heavy (non-hydrogen) atoms. The van der Waals surface area contributed by atoms with Gasteiger partial charge >= 0.3 is 0 Å². The van der Waals surface area contributed by atoms with Crippen molar-refractivity contribution in [3.63, 3.8) is 0 Å². The largest absolute Gasteiger partial charge is 0.370 e. The van der Waals surface area contributed by atoms with Gasteiger partial charge in [0.2, 0.25) is 65.0 Å². The van der Waals surface area contributed by atoms with Crippen LogP contribution in [0.4, 0.5) is 0 Å². The molecule has 1 aromatic rings. The van der Waals surface area contributed by atoms with Crippen molar-refractivity contribution in [3.8, 4) is 0 Å². The van der Waals surface area contributed by atoms with Crippen molar-refractivity contribution in [2.75, 3.05) is 32.7 Å². The average Bonchev–Trinajstić information content (AvgIpc) is 2.89. The molecule has 27 heteroatoms. The molecule has 11 amide bonds. The standard InChI is InChI=1S/C62H110N16O11/c1-38(2)34-48-59(86)73-46(26-14-19-33-67)57(84)78-51(37-41-20-8-7-9-21-41)62(89)77-50(36-40(5)6)61(88)76-49(35-39(3)4)60(87)72-44(24-12-17-31-65)55(82)74-47(27-28-52(68)79)58(85)71-43(23-11-16-30-64)54(81)69-42(22-10-15-29-63)53(80)70-45(56(83)75-48)25-13-18-32-66/h7-9,20-21,38-40,42-51H,10-19,22-37,63-67H2,1-6H3,(H2,68,79)(H,69,81)(H,70,80)(H,71,85)(H,72,87)(H,73,86)(H,74,82)(H,75,83)(H,76,88)(H,77,89)(H,78,84)/t42-,43-,44-,45-,46-,47-,48-,49-,50-,51-/m0/s1. The Hall–Kier alpha value is -6.81. The number of carbonyl (C=O) groups is 11. The summed E-state index contributed by atoms with van der Waals surface area (Å²) in [5.41, 5.74) is 35.5. The van der Waals surface area contributed by atoms with E-state index in [-0.39, 0.29) is 121 Å². The number of nitrogens with two attached hydrogens (primary N) is 6. The minimum absolute atomic E-state index is 0.0120. The Balaban J connectivity index is 3.01. The van der Waals surface area contributed by atoms with Gasteiger partial charge in [0.15, 0.2) is 0 Å². The molecule has 10 atom stereocenters. The number of unbranched alkanes of at least 4 members (excludes halogenated alkanes) is 5. The van der Waals surface area contributed by atoms with E-state index in [1.165, 1.54) is 0 Å². The molecule has 1 aliphatic rings. The van der Waals surface area contributed by atoms with Crippen LogP contribution in [0, 0.1) is 17.8 Å². The molecule has 1 saturated heterocycles. The highest BCUT2D eigenvalue weighted by molar-refractivity contribution is 5.99. The Morgan fingerprint density at radius 3 is 0.775 bits per heavy atom. The number of benzene rings is 1. The van der Waals surface area contributed by atoms with Crippen molar-refractivity contribution in [1.29, 1.82) is 0 Å². The molecule has 27 nitrogen and oxygen atoms in total. The Kier molecular flexibility index (Phi) is 38.5. The van der Waals surface area contributed by atoms with Crippen LogP contribution in [-0.4, -0.2) is 158 Å². The summed E-state index contributed by atoms with van der Waals surface area (Å²) in [5.74, 6) is -9.11. The van der Waals surface area contributed by atoms with E-state index in [0.717, 1.165) is 0 Å². The summed E-state index contributed by atoms with van der Waals surface area (Å²) in [5, 5.41) is 27.9. The van der Waals surface area contributed by atoms with Gasteiger partial charge in [-0.1, -0.05) is 71.9 Å². The third kappa shape index (κ3) is 31.5. The summed E-state index contributed by atoms with van der Waals surface area (Å²) in [4.78, 5) is 158. The maximum atomic E-state index is 14.8. The van der Waals surface area contributed by atoms with E-state index in [1.807, 2.05) is 41.5 Å². The van der Waals surface area contributed by atoms with Crippen LogP contribution in [0.15, 0.2) is 30.3 Å². The van der Waals surface area contributed by atoms with Crippen LogP contribution in [0.1, 0.15) is 176 Å². The molecule has 0 aromatic heterocycles. The second kappa shape index (κ2) is 43.8. The zero-order valence-electron chi connectivity index (χ0n) is 53.7. The molecule has 0 unspecified atom stereocenters. The number of carbonyl (C=O) groups excluding carboxylic acids is 11. The Labute approximate surface area is 526 Å². The summed E-state index contributed by atoms with van der Waals surface area (Å²) >= 11 is 0. The molecule has 1 fully saturated rings. The maximum absolute atomic E-state index is 14.8. The average molecular weight is 1260 g/mol. The first kappa shape index (κ1) is 78.3. The molecule has 22 N–H and O–H groups in total. The van der Waals surface area contributed by atoms with Crippen molar-refractivity contribution in [2.45, 2.75) is 237 Å². The zero-order chi connectivity index (χ0) is 66.4. The van der Waals surface area contributed by atoms with Gasteiger partial charge in [-0.25, -0.2) is 0 Å². The Morgan fingerprint density at radius 2 is 0.539 bits per heavy atom. The highest BCUT2D eigenvalue weighted by Crippen LogP contribution is 2.16. The first-order chi connectivity index (χ1) is 42.4. The summed E-state index contributed by atoms with van der Waals surface area (Å²) in [6.45, 7) is 12.3. The van der Waals surface area contributed by atoms with Gasteiger partial charge in [0.05, 0.1) is 0 Å². The zero-order valence-corrected chi connectivity index (χ0v) is 53.7. The predicted octanol–water partition coefficient (Wildman–Crippen LogP) is -0.861. The molecule has 504 valence electrons. The second-order valence-electron chi connectivity index (χ2n) is 24.6. The van der Waals surface area contributed by atoms with Gasteiger partial charge in [-0.2, -0.15) is 0 Å². The van der Waals surface area contributed by atoms with Crippen LogP contribution in [0.2, 0.25) is 0 Å².